The standard InChI is InChI=1S/C13H16ClF3N4/c1-12(11(18)19)2-4-21(5-3-12)10-9(14)6-8(7-20-10)13(15,16)17/h6-7H,2-5H2,1H3,(H3,18,19). The Balaban J connectivity index is 2.16. The number of anilines is 1. The number of rotatable bonds is 2. The molecule has 0 unspecified atom stereocenters. The van der Waals surface area contributed by atoms with E-state index in [9.17, 15) is 13.2 Å². The molecule has 2 heterocycles. The van der Waals surface area contributed by atoms with Crippen LogP contribution >= 0.6 is 11.6 Å². The molecular formula is C13H16ClF3N4. The molecule has 3 N–H and O–H groups in total. The number of halogens is 4. The number of nitrogens with zero attached hydrogens (tertiary/aromatic N) is 2. The summed E-state index contributed by atoms with van der Waals surface area (Å²) in [5, 5.41) is 7.57. The van der Waals surface area contributed by atoms with Crippen molar-refractivity contribution < 1.29 is 13.2 Å². The zero-order chi connectivity index (χ0) is 15.8. The monoisotopic (exact) mass is 320 g/mol. The SMILES string of the molecule is CC1(C(=N)N)CCN(c2ncc(C(F)(F)F)cc2Cl)CC1. The van der Waals surface area contributed by atoms with Crippen LogP contribution in [0.2, 0.25) is 5.02 Å². The minimum atomic E-state index is -4.45. The van der Waals surface area contributed by atoms with Crippen molar-refractivity contribution in [2.24, 2.45) is 11.1 Å². The van der Waals surface area contributed by atoms with Crippen LogP contribution in [-0.2, 0) is 6.18 Å². The van der Waals surface area contributed by atoms with Crippen molar-refractivity contribution in [1.29, 1.82) is 5.41 Å². The van der Waals surface area contributed by atoms with Crippen LogP contribution in [0.3, 0.4) is 0 Å². The van der Waals surface area contributed by atoms with Crippen molar-refractivity contribution >= 4 is 23.3 Å². The molecule has 1 fully saturated rings. The van der Waals surface area contributed by atoms with E-state index >= 15 is 0 Å². The van der Waals surface area contributed by atoms with Crippen molar-refractivity contribution in [1.82, 2.24) is 4.98 Å². The Labute approximate surface area is 125 Å². The Bertz CT molecular complexity index is 551. The van der Waals surface area contributed by atoms with E-state index in [0.717, 1.165) is 12.3 Å². The van der Waals surface area contributed by atoms with E-state index in [1.807, 2.05) is 11.8 Å². The van der Waals surface area contributed by atoms with Gasteiger partial charge < -0.3 is 10.6 Å². The molecule has 1 aromatic heterocycles. The van der Waals surface area contributed by atoms with Gasteiger partial charge in [0.1, 0.15) is 5.82 Å². The van der Waals surface area contributed by atoms with E-state index in [1.165, 1.54) is 0 Å². The maximum Gasteiger partial charge on any atom is 0.417 e. The van der Waals surface area contributed by atoms with Crippen molar-refractivity contribution in [2.45, 2.75) is 25.9 Å². The lowest BCUT2D eigenvalue weighted by Gasteiger charge is -2.39. The second-order valence-corrected chi connectivity index (χ2v) is 5.90. The van der Waals surface area contributed by atoms with Crippen LogP contribution in [0, 0.1) is 10.8 Å². The average Bonchev–Trinajstić information content (AvgIpc) is 2.39. The maximum atomic E-state index is 12.6. The smallest absolute Gasteiger partial charge is 0.387 e. The number of alkyl halides is 3. The van der Waals surface area contributed by atoms with Gasteiger partial charge >= 0.3 is 6.18 Å². The zero-order valence-corrected chi connectivity index (χ0v) is 12.2. The average molecular weight is 321 g/mol. The molecule has 0 aromatic carbocycles. The van der Waals surface area contributed by atoms with Crippen molar-refractivity contribution in [3.8, 4) is 0 Å². The Morgan fingerprint density at radius 3 is 2.43 bits per heavy atom. The molecule has 0 atom stereocenters. The van der Waals surface area contributed by atoms with Crippen molar-refractivity contribution in [3.63, 3.8) is 0 Å². The van der Waals surface area contributed by atoms with Gasteiger partial charge in [-0.15, -0.1) is 0 Å². The van der Waals surface area contributed by atoms with Gasteiger partial charge in [0.25, 0.3) is 0 Å². The quantitative estimate of drug-likeness (QED) is 0.649. The number of amidine groups is 1. The minimum Gasteiger partial charge on any atom is -0.387 e. The fraction of sp³-hybridized carbons (Fsp3) is 0.538. The summed E-state index contributed by atoms with van der Waals surface area (Å²) < 4.78 is 37.7. The fourth-order valence-corrected chi connectivity index (χ4v) is 2.59. The third-order valence-electron chi connectivity index (χ3n) is 3.97. The minimum absolute atomic E-state index is 0.0174. The van der Waals surface area contributed by atoms with Gasteiger partial charge in [-0.25, -0.2) is 4.98 Å². The Kier molecular flexibility index (Phi) is 4.06. The number of hydrogen-bond acceptors (Lipinski definition) is 3. The first kappa shape index (κ1) is 15.9. The van der Waals surface area contributed by atoms with Crippen LogP contribution in [0.1, 0.15) is 25.3 Å². The first-order chi connectivity index (χ1) is 9.63. The summed E-state index contributed by atoms with van der Waals surface area (Å²) in [6.07, 6.45) is -2.38. The number of aromatic nitrogens is 1. The molecule has 0 bridgehead atoms. The summed E-state index contributed by atoms with van der Waals surface area (Å²) in [6.45, 7) is 3.01. The topological polar surface area (TPSA) is 66.0 Å². The summed E-state index contributed by atoms with van der Waals surface area (Å²) in [5.74, 6) is 0.476. The highest BCUT2D eigenvalue weighted by molar-refractivity contribution is 6.33. The van der Waals surface area contributed by atoms with E-state index in [-0.39, 0.29) is 16.3 Å². The van der Waals surface area contributed by atoms with Gasteiger partial charge in [-0.05, 0) is 18.9 Å². The second kappa shape index (κ2) is 5.36. The van der Waals surface area contributed by atoms with Crippen LogP contribution in [0.4, 0.5) is 19.0 Å². The van der Waals surface area contributed by atoms with E-state index < -0.39 is 11.7 Å². The first-order valence-electron chi connectivity index (χ1n) is 6.46. The van der Waals surface area contributed by atoms with E-state index in [2.05, 4.69) is 4.98 Å². The molecule has 1 aliphatic rings. The second-order valence-electron chi connectivity index (χ2n) is 5.49. The molecule has 21 heavy (non-hydrogen) atoms. The van der Waals surface area contributed by atoms with Gasteiger partial charge in [-0.3, -0.25) is 5.41 Å². The van der Waals surface area contributed by atoms with Gasteiger partial charge in [0.15, 0.2) is 0 Å². The Hall–Kier alpha value is -1.50. The summed E-state index contributed by atoms with van der Waals surface area (Å²) in [5.41, 5.74) is 4.36. The third-order valence-corrected chi connectivity index (χ3v) is 4.24. The largest absolute Gasteiger partial charge is 0.417 e. The van der Waals surface area contributed by atoms with Gasteiger partial charge in [0.2, 0.25) is 0 Å². The molecule has 1 saturated heterocycles. The van der Waals surface area contributed by atoms with E-state index in [4.69, 9.17) is 22.7 Å². The lowest BCUT2D eigenvalue weighted by Crippen LogP contribution is -2.45. The van der Waals surface area contributed by atoms with Gasteiger partial charge in [-0.2, -0.15) is 13.2 Å². The molecule has 116 valence electrons. The maximum absolute atomic E-state index is 12.6. The van der Waals surface area contributed by atoms with Crippen LogP contribution in [0.15, 0.2) is 12.3 Å². The lowest BCUT2D eigenvalue weighted by atomic mass is 9.79. The highest BCUT2D eigenvalue weighted by Crippen LogP contribution is 2.37. The van der Waals surface area contributed by atoms with Gasteiger partial charge in [-0.1, -0.05) is 18.5 Å². The summed E-state index contributed by atoms with van der Waals surface area (Å²) >= 11 is 5.93. The van der Waals surface area contributed by atoms with Crippen LogP contribution < -0.4 is 10.6 Å². The molecule has 0 spiro atoms. The Morgan fingerprint density at radius 1 is 1.43 bits per heavy atom. The predicted octanol–water partition coefficient (Wildman–Crippen LogP) is 3.30. The van der Waals surface area contributed by atoms with Crippen LogP contribution in [0.25, 0.3) is 0 Å². The molecule has 0 aliphatic carbocycles. The van der Waals surface area contributed by atoms with Crippen LogP contribution in [-0.4, -0.2) is 23.9 Å². The van der Waals surface area contributed by atoms with Crippen molar-refractivity contribution in [2.75, 3.05) is 18.0 Å². The number of pyridine rings is 1. The molecular weight excluding hydrogens is 305 g/mol. The summed E-state index contributed by atoms with van der Waals surface area (Å²) in [4.78, 5) is 5.68. The number of piperidine rings is 1. The van der Waals surface area contributed by atoms with E-state index in [1.54, 1.807) is 0 Å². The molecule has 2 rings (SSSR count). The van der Waals surface area contributed by atoms with Gasteiger partial charge in [0.05, 0.1) is 16.4 Å². The third kappa shape index (κ3) is 3.23. The molecule has 0 radical (unpaired) electrons. The van der Waals surface area contributed by atoms with Crippen LogP contribution in [0.5, 0.6) is 0 Å². The van der Waals surface area contributed by atoms with Crippen molar-refractivity contribution in [3.05, 3.63) is 22.8 Å². The number of nitrogens with one attached hydrogen (secondary N) is 1. The molecule has 1 aliphatic heterocycles. The summed E-state index contributed by atoms with van der Waals surface area (Å²) in [6, 6.07) is 0.892. The molecule has 0 saturated carbocycles. The normalized spacial score (nSPS) is 18.6. The Morgan fingerprint density at radius 2 is 2.00 bits per heavy atom. The fourth-order valence-electron chi connectivity index (χ4n) is 2.30. The van der Waals surface area contributed by atoms with E-state index in [0.29, 0.717) is 31.7 Å². The van der Waals surface area contributed by atoms with Gasteiger partial charge in [0, 0.05) is 24.7 Å². The molecule has 4 nitrogen and oxygen atoms in total. The summed E-state index contributed by atoms with van der Waals surface area (Å²) in [7, 11) is 0. The lowest BCUT2D eigenvalue weighted by molar-refractivity contribution is -0.137. The zero-order valence-electron chi connectivity index (χ0n) is 11.5. The molecule has 1 aromatic rings. The predicted molar refractivity (Wildman–Crippen MR) is 75.7 cm³/mol. The molecule has 0 amide bonds. The first-order valence-corrected chi connectivity index (χ1v) is 6.83. The number of nitrogens with two attached hydrogens (primary N) is 1. The molecule has 8 heteroatoms. The number of hydrogen-bond donors (Lipinski definition) is 2. The highest BCUT2D eigenvalue weighted by Gasteiger charge is 2.35. The highest BCUT2D eigenvalue weighted by atomic mass is 35.5.